The van der Waals surface area contributed by atoms with Crippen LogP contribution in [-0.2, 0) is 4.79 Å². The van der Waals surface area contributed by atoms with Crippen molar-refractivity contribution in [1.29, 1.82) is 0 Å². The molecule has 1 aromatic heterocycles. The van der Waals surface area contributed by atoms with Crippen molar-refractivity contribution >= 4 is 46.6 Å². The lowest BCUT2D eigenvalue weighted by molar-refractivity contribution is -0.113. The molecule has 0 atom stereocenters. The van der Waals surface area contributed by atoms with E-state index in [1.54, 1.807) is 42.5 Å². The second-order valence-corrected chi connectivity index (χ2v) is 8.36. The number of benzene rings is 3. The molecule has 3 N–H and O–H groups in total. The number of amides is 1. The molecule has 0 spiro atoms. The van der Waals surface area contributed by atoms with Gasteiger partial charge in [0.1, 0.15) is 11.5 Å². The van der Waals surface area contributed by atoms with Gasteiger partial charge in [0.25, 0.3) is 0 Å². The second kappa shape index (κ2) is 9.95. The van der Waals surface area contributed by atoms with E-state index in [-0.39, 0.29) is 11.7 Å². The zero-order chi connectivity index (χ0) is 22.5. The highest BCUT2D eigenvalue weighted by molar-refractivity contribution is 7.99. The molecule has 0 bridgehead atoms. The summed E-state index contributed by atoms with van der Waals surface area (Å²) < 4.78 is 7.04. The molecule has 32 heavy (non-hydrogen) atoms. The van der Waals surface area contributed by atoms with E-state index >= 15 is 0 Å². The number of nitrogen functional groups attached to an aromatic ring is 1. The van der Waals surface area contributed by atoms with Gasteiger partial charge >= 0.3 is 0 Å². The molecule has 0 radical (unpaired) electrons. The maximum absolute atomic E-state index is 12.3. The summed E-state index contributed by atoms with van der Waals surface area (Å²) >= 11 is 13.3. The van der Waals surface area contributed by atoms with Gasteiger partial charge in [0.15, 0.2) is 5.82 Å². The Labute approximate surface area is 198 Å². The summed E-state index contributed by atoms with van der Waals surface area (Å²) in [6.45, 7) is 0. The number of nitrogens with one attached hydrogen (secondary N) is 1. The quantitative estimate of drug-likeness (QED) is 0.265. The minimum absolute atomic E-state index is 0.103. The molecule has 0 fully saturated rings. The number of halogens is 2. The molecule has 0 aliphatic carbocycles. The summed E-state index contributed by atoms with van der Waals surface area (Å²) in [5.41, 5.74) is 1.25. The molecule has 4 aromatic rings. The first-order valence-corrected chi connectivity index (χ1v) is 11.2. The van der Waals surface area contributed by atoms with Crippen molar-refractivity contribution in [3.05, 3.63) is 82.8 Å². The number of nitrogens with two attached hydrogens (primary N) is 1. The lowest BCUT2D eigenvalue weighted by atomic mass is 10.2. The molecule has 3 aromatic carbocycles. The Bertz CT molecular complexity index is 1230. The van der Waals surface area contributed by atoms with Gasteiger partial charge in [-0.05, 0) is 54.6 Å². The third kappa shape index (κ3) is 5.34. The Morgan fingerprint density at radius 1 is 1.00 bits per heavy atom. The van der Waals surface area contributed by atoms with Crippen LogP contribution in [-0.4, -0.2) is 26.5 Å². The van der Waals surface area contributed by atoms with Crippen molar-refractivity contribution in [3.63, 3.8) is 0 Å². The van der Waals surface area contributed by atoms with Crippen LogP contribution in [0.1, 0.15) is 0 Å². The first-order chi connectivity index (χ1) is 15.5. The van der Waals surface area contributed by atoms with E-state index in [4.69, 9.17) is 33.8 Å². The standard InChI is InChI=1S/C22H17Cl2N5O2S/c23-14-6-11-18(19(24)12-14)21-27-28-22(29(21)25)32-13-20(30)26-15-7-9-17(10-8-15)31-16-4-2-1-3-5-16/h1-12H,13,25H2,(H,26,30). The molecular weight excluding hydrogens is 469 g/mol. The molecule has 1 heterocycles. The predicted octanol–water partition coefficient (Wildman–Crippen LogP) is 5.49. The number of aromatic nitrogens is 3. The molecular formula is C22H17Cl2N5O2S. The summed E-state index contributed by atoms with van der Waals surface area (Å²) in [5.74, 6) is 7.78. The van der Waals surface area contributed by atoms with E-state index in [0.717, 1.165) is 17.5 Å². The molecule has 0 saturated carbocycles. The average Bonchev–Trinajstić information content (AvgIpc) is 3.14. The first kappa shape index (κ1) is 22.0. The van der Waals surface area contributed by atoms with Crippen LogP contribution in [0, 0.1) is 0 Å². The van der Waals surface area contributed by atoms with Crippen LogP contribution in [0.25, 0.3) is 11.4 Å². The van der Waals surface area contributed by atoms with E-state index in [0.29, 0.717) is 38.0 Å². The van der Waals surface area contributed by atoms with Gasteiger partial charge in [-0.15, -0.1) is 10.2 Å². The lowest BCUT2D eigenvalue weighted by Gasteiger charge is -2.08. The number of nitrogens with zero attached hydrogens (tertiary/aromatic N) is 3. The van der Waals surface area contributed by atoms with Crippen LogP contribution in [0.2, 0.25) is 10.0 Å². The number of thioether (sulfide) groups is 1. The molecule has 162 valence electrons. The number of hydrogen-bond acceptors (Lipinski definition) is 6. The van der Waals surface area contributed by atoms with Crippen LogP contribution in [0.4, 0.5) is 5.69 Å². The van der Waals surface area contributed by atoms with Crippen molar-refractivity contribution in [3.8, 4) is 22.9 Å². The smallest absolute Gasteiger partial charge is 0.234 e. The van der Waals surface area contributed by atoms with E-state index in [9.17, 15) is 4.79 Å². The zero-order valence-electron chi connectivity index (χ0n) is 16.5. The van der Waals surface area contributed by atoms with E-state index < -0.39 is 0 Å². The van der Waals surface area contributed by atoms with Gasteiger partial charge in [0.2, 0.25) is 11.1 Å². The van der Waals surface area contributed by atoms with E-state index in [1.165, 1.54) is 4.68 Å². The van der Waals surface area contributed by atoms with Gasteiger partial charge in [-0.3, -0.25) is 4.79 Å². The normalized spacial score (nSPS) is 10.7. The molecule has 0 unspecified atom stereocenters. The first-order valence-electron chi connectivity index (χ1n) is 9.41. The van der Waals surface area contributed by atoms with Crippen LogP contribution in [0.5, 0.6) is 11.5 Å². The predicted molar refractivity (Wildman–Crippen MR) is 128 cm³/mol. The van der Waals surface area contributed by atoms with Gasteiger partial charge in [0, 0.05) is 16.3 Å². The topological polar surface area (TPSA) is 95.1 Å². The number of carbonyl (C=O) groups excluding carboxylic acids is 1. The number of rotatable bonds is 7. The van der Waals surface area contributed by atoms with E-state index in [1.807, 2.05) is 30.3 Å². The summed E-state index contributed by atoms with van der Waals surface area (Å²) in [5, 5.41) is 12.2. The number of anilines is 1. The number of carbonyl (C=O) groups is 1. The molecule has 7 nitrogen and oxygen atoms in total. The van der Waals surface area contributed by atoms with Crippen molar-refractivity contribution in [2.75, 3.05) is 16.9 Å². The fourth-order valence-corrected chi connectivity index (χ4v) is 3.94. The molecule has 0 aliphatic heterocycles. The van der Waals surface area contributed by atoms with Gasteiger partial charge in [-0.2, -0.15) is 0 Å². The Hall–Kier alpha value is -3.20. The molecule has 0 saturated heterocycles. The van der Waals surface area contributed by atoms with Gasteiger partial charge in [0.05, 0.1) is 10.8 Å². The Balaban J connectivity index is 1.34. The third-order valence-corrected chi connectivity index (χ3v) is 5.78. The molecule has 4 rings (SSSR count). The van der Waals surface area contributed by atoms with Crippen LogP contribution in [0.15, 0.2) is 78.0 Å². The van der Waals surface area contributed by atoms with Crippen molar-refractivity contribution < 1.29 is 9.53 Å². The van der Waals surface area contributed by atoms with E-state index in [2.05, 4.69) is 15.5 Å². The van der Waals surface area contributed by atoms with Gasteiger partial charge in [-0.25, -0.2) is 4.68 Å². The fraction of sp³-hybridized carbons (Fsp3) is 0.0455. The Morgan fingerprint density at radius 3 is 2.44 bits per heavy atom. The van der Waals surface area contributed by atoms with Crippen LogP contribution < -0.4 is 15.9 Å². The van der Waals surface area contributed by atoms with Crippen molar-refractivity contribution in [2.45, 2.75) is 5.16 Å². The highest BCUT2D eigenvalue weighted by Gasteiger charge is 2.16. The SMILES string of the molecule is Nn1c(SCC(=O)Nc2ccc(Oc3ccccc3)cc2)nnc1-c1ccc(Cl)cc1Cl. The number of ether oxygens (including phenoxy) is 1. The maximum Gasteiger partial charge on any atom is 0.234 e. The van der Waals surface area contributed by atoms with Crippen LogP contribution >= 0.6 is 35.0 Å². The average molecular weight is 486 g/mol. The fourth-order valence-electron chi connectivity index (χ4n) is 2.79. The molecule has 0 aliphatic rings. The van der Waals surface area contributed by atoms with Gasteiger partial charge in [-0.1, -0.05) is 53.2 Å². The second-order valence-electron chi connectivity index (χ2n) is 6.58. The highest BCUT2D eigenvalue weighted by atomic mass is 35.5. The lowest BCUT2D eigenvalue weighted by Crippen LogP contribution is -2.16. The summed E-state index contributed by atoms with van der Waals surface area (Å²) in [6, 6.07) is 21.6. The maximum atomic E-state index is 12.3. The number of para-hydroxylation sites is 1. The Kier molecular flexibility index (Phi) is 6.84. The highest BCUT2D eigenvalue weighted by Crippen LogP contribution is 2.30. The zero-order valence-corrected chi connectivity index (χ0v) is 18.9. The van der Waals surface area contributed by atoms with Crippen molar-refractivity contribution in [2.24, 2.45) is 0 Å². The van der Waals surface area contributed by atoms with Crippen molar-refractivity contribution in [1.82, 2.24) is 14.9 Å². The molecule has 10 heteroatoms. The monoisotopic (exact) mass is 485 g/mol. The number of hydrogen-bond donors (Lipinski definition) is 2. The minimum atomic E-state index is -0.208. The molecule has 1 amide bonds. The Morgan fingerprint density at radius 2 is 1.72 bits per heavy atom. The third-order valence-electron chi connectivity index (χ3n) is 4.29. The van der Waals surface area contributed by atoms with Crippen LogP contribution in [0.3, 0.4) is 0 Å². The summed E-state index contributed by atoms with van der Waals surface area (Å²) in [7, 11) is 0. The largest absolute Gasteiger partial charge is 0.457 e. The summed E-state index contributed by atoms with van der Waals surface area (Å²) in [4.78, 5) is 12.3. The van der Waals surface area contributed by atoms with Gasteiger partial charge < -0.3 is 15.9 Å². The minimum Gasteiger partial charge on any atom is -0.457 e. The summed E-state index contributed by atoms with van der Waals surface area (Å²) in [6.07, 6.45) is 0.